The van der Waals surface area contributed by atoms with Gasteiger partial charge in [-0.15, -0.1) is 0 Å². The van der Waals surface area contributed by atoms with E-state index in [0.29, 0.717) is 6.42 Å². The molecule has 2 unspecified atom stereocenters. The number of aromatic nitrogens is 3. The molecule has 0 saturated carbocycles. The van der Waals surface area contributed by atoms with Crippen LogP contribution in [0, 0.1) is 16.7 Å². The molecule has 2 heterocycles. The first kappa shape index (κ1) is 9.91. The van der Waals surface area contributed by atoms with Gasteiger partial charge in [-0.25, -0.2) is 9.67 Å². The Morgan fingerprint density at radius 2 is 2.60 bits per heavy atom. The van der Waals surface area contributed by atoms with Gasteiger partial charge in [-0.3, -0.25) is 0 Å². The molecule has 0 aromatic carbocycles. The van der Waals surface area contributed by atoms with Crippen LogP contribution in [0.25, 0.3) is 0 Å². The molecule has 4 nitrogen and oxygen atoms in total. The van der Waals surface area contributed by atoms with Gasteiger partial charge >= 0.3 is 0 Å². The number of fused-ring (bicyclic) bond motifs is 1. The van der Waals surface area contributed by atoms with Gasteiger partial charge in [0.2, 0.25) is 0 Å². The van der Waals surface area contributed by atoms with Gasteiger partial charge in [-0.05, 0) is 6.92 Å². The minimum Gasteiger partial charge on any atom is -0.249 e. The Bertz CT molecular complexity index is 440. The lowest BCUT2D eigenvalue weighted by molar-refractivity contribution is 0.316. The fourth-order valence-electron chi connectivity index (χ4n) is 2.21. The molecule has 0 fully saturated rings. The van der Waals surface area contributed by atoms with Gasteiger partial charge in [-0.1, -0.05) is 19.1 Å². The van der Waals surface area contributed by atoms with Crippen LogP contribution in [-0.2, 0) is 6.54 Å². The molecule has 4 heteroatoms. The van der Waals surface area contributed by atoms with Gasteiger partial charge in [0.05, 0.1) is 12.6 Å². The molecule has 0 N–H and O–H groups in total. The van der Waals surface area contributed by atoms with E-state index in [9.17, 15) is 0 Å². The van der Waals surface area contributed by atoms with Crippen LogP contribution in [0.5, 0.6) is 0 Å². The van der Waals surface area contributed by atoms with E-state index in [1.54, 1.807) is 6.33 Å². The van der Waals surface area contributed by atoms with Crippen LogP contribution in [0.15, 0.2) is 18.5 Å². The molecule has 1 aliphatic heterocycles. The molecule has 0 radical (unpaired) electrons. The van der Waals surface area contributed by atoms with Gasteiger partial charge in [0.1, 0.15) is 12.2 Å². The Labute approximate surface area is 89.2 Å². The van der Waals surface area contributed by atoms with Crippen molar-refractivity contribution in [2.24, 2.45) is 5.41 Å². The lowest BCUT2D eigenvalue weighted by atomic mass is 9.73. The second-order valence-electron chi connectivity index (χ2n) is 4.39. The van der Waals surface area contributed by atoms with Gasteiger partial charge in [0, 0.05) is 17.8 Å². The summed E-state index contributed by atoms with van der Waals surface area (Å²) in [4.78, 5) is 4.23. The molecule has 0 bridgehead atoms. The summed E-state index contributed by atoms with van der Waals surface area (Å²) in [6, 6.07) is 2.23. The van der Waals surface area contributed by atoms with Crippen molar-refractivity contribution in [3.05, 3.63) is 24.3 Å². The maximum atomic E-state index is 8.87. The number of hydrogen-bond acceptors (Lipinski definition) is 3. The van der Waals surface area contributed by atoms with Crippen molar-refractivity contribution in [1.82, 2.24) is 14.8 Å². The predicted octanol–water partition coefficient (Wildman–Crippen LogP) is 1.87. The first-order valence-corrected chi connectivity index (χ1v) is 5.00. The largest absolute Gasteiger partial charge is 0.249 e. The highest BCUT2D eigenvalue weighted by Crippen LogP contribution is 2.48. The zero-order chi connectivity index (χ0) is 11.1. The zero-order valence-corrected chi connectivity index (χ0v) is 9.06. The van der Waals surface area contributed by atoms with Crippen LogP contribution < -0.4 is 0 Å². The first-order valence-electron chi connectivity index (χ1n) is 5.00. The summed E-state index contributed by atoms with van der Waals surface area (Å²) in [5.74, 6) is 1.05. The summed E-state index contributed by atoms with van der Waals surface area (Å²) in [5, 5.41) is 13.0. The summed E-state index contributed by atoms with van der Waals surface area (Å²) in [6.07, 6.45) is 2.03. The minimum absolute atomic E-state index is 0.0771. The molecule has 0 spiro atoms. The second kappa shape index (κ2) is 3.20. The fourth-order valence-corrected chi connectivity index (χ4v) is 2.21. The van der Waals surface area contributed by atoms with E-state index in [4.69, 9.17) is 5.26 Å². The van der Waals surface area contributed by atoms with Crippen molar-refractivity contribution in [1.29, 1.82) is 5.26 Å². The average molecular weight is 202 g/mol. The first-order chi connectivity index (χ1) is 7.09. The standard InChI is InChI=1S/C11H14N4/c1-8(2)11(3)6-15-10(13-7-14-15)9(11)4-5-12/h7,9H,1,4,6H2,2-3H3. The third kappa shape index (κ3) is 1.27. The van der Waals surface area contributed by atoms with Crippen LogP contribution in [0.1, 0.15) is 32.0 Å². The minimum atomic E-state index is -0.0771. The molecule has 2 atom stereocenters. The predicted molar refractivity (Wildman–Crippen MR) is 55.9 cm³/mol. The molecular weight excluding hydrogens is 188 g/mol. The third-order valence-electron chi connectivity index (χ3n) is 3.47. The molecule has 78 valence electrons. The highest BCUT2D eigenvalue weighted by atomic mass is 15.4. The summed E-state index contributed by atoms with van der Waals surface area (Å²) in [7, 11) is 0. The topological polar surface area (TPSA) is 54.5 Å². The average Bonchev–Trinajstić information content (AvgIpc) is 2.69. The number of nitriles is 1. The van der Waals surface area contributed by atoms with E-state index in [-0.39, 0.29) is 11.3 Å². The lowest BCUT2D eigenvalue weighted by Gasteiger charge is -2.29. The molecular formula is C11H14N4. The van der Waals surface area contributed by atoms with Gasteiger partial charge in [0.25, 0.3) is 0 Å². The maximum absolute atomic E-state index is 8.87. The van der Waals surface area contributed by atoms with Crippen molar-refractivity contribution in [2.75, 3.05) is 0 Å². The lowest BCUT2D eigenvalue weighted by Crippen LogP contribution is -2.24. The molecule has 0 saturated heterocycles. The summed E-state index contributed by atoms with van der Waals surface area (Å²) >= 11 is 0. The fraction of sp³-hybridized carbons (Fsp3) is 0.545. The van der Waals surface area contributed by atoms with Crippen molar-refractivity contribution in [2.45, 2.75) is 32.7 Å². The normalized spacial score (nSPS) is 28.5. The van der Waals surface area contributed by atoms with Crippen LogP contribution in [0.3, 0.4) is 0 Å². The third-order valence-corrected chi connectivity index (χ3v) is 3.47. The van der Waals surface area contributed by atoms with Crippen LogP contribution >= 0.6 is 0 Å². The van der Waals surface area contributed by atoms with E-state index in [2.05, 4.69) is 29.7 Å². The van der Waals surface area contributed by atoms with Gasteiger partial charge in [0.15, 0.2) is 0 Å². The molecule has 1 aliphatic rings. The highest BCUT2D eigenvalue weighted by molar-refractivity contribution is 5.22. The van der Waals surface area contributed by atoms with E-state index in [1.807, 2.05) is 11.6 Å². The zero-order valence-electron chi connectivity index (χ0n) is 9.06. The smallest absolute Gasteiger partial charge is 0.138 e. The maximum Gasteiger partial charge on any atom is 0.138 e. The highest BCUT2D eigenvalue weighted by Gasteiger charge is 2.44. The number of nitrogens with zero attached hydrogens (tertiary/aromatic N) is 4. The van der Waals surface area contributed by atoms with E-state index in [1.165, 1.54) is 0 Å². The molecule has 1 aromatic rings. The van der Waals surface area contributed by atoms with E-state index < -0.39 is 0 Å². The Morgan fingerprint density at radius 3 is 3.20 bits per heavy atom. The molecule has 1 aromatic heterocycles. The Morgan fingerprint density at radius 1 is 1.87 bits per heavy atom. The van der Waals surface area contributed by atoms with Crippen molar-refractivity contribution >= 4 is 0 Å². The second-order valence-corrected chi connectivity index (χ2v) is 4.39. The molecule has 15 heavy (non-hydrogen) atoms. The molecule has 0 amide bonds. The van der Waals surface area contributed by atoms with Crippen LogP contribution in [0.2, 0.25) is 0 Å². The van der Waals surface area contributed by atoms with Crippen LogP contribution in [0.4, 0.5) is 0 Å². The number of rotatable bonds is 2. The summed E-state index contributed by atoms with van der Waals surface area (Å²) < 4.78 is 1.89. The van der Waals surface area contributed by atoms with Gasteiger partial charge < -0.3 is 0 Å². The Kier molecular flexibility index (Phi) is 2.11. The Hall–Kier alpha value is -1.63. The van der Waals surface area contributed by atoms with Crippen LogP contribution in [-0.4, -0.2) is 14.8 Å². The number of allylic oxidation sites excluding steroid dienone is 1. The quantitative estimate of drug-likeness (QED) is 0.688. The summed E-state index contributed by atoms with van der Waals surface area (Å²) in [6.45, 7) is 8.95. The summed E-state index contributed by atoms with van der Waals surface area (Å²) in [5.41, 5.74) is 1.02. The Balaban J connectivity index is 2.44. The number of hydrogen-bond donors (Lipinski definition) is 0. The van der Waals surface area contributed by atoms with E-state index in [0.717, 1.165) is 17.9 Å². The van der Waals surface area contributed by atoms with Gasteiger partial charge in [-0.2, -0.15) is 10.4 Å². The van der Waals surface area contributed by atoms with E-state index >= 15 is 0 Å². The monoisotopic (exact) mass is 202 g/mol. The van der Waals surface area contributed by atoms with Crippen molar-refractivity contribution in [3.63, 3.8) is 0 Å². The molecule has 0 aliphatic carbocycles. The van der Waals surface area contributed by atoms with Crippen molar-refractivity contribution in [3.8, 4) is 6.07 Å². The SMILES string of the molecule is C=C(C)C1(C)Cn2ncnc2C1CC#N. The molecule has 2 rings (SSSR count). The van der Waals surface area contributed by atoms with Crippen molar-refractivity contribution < 1.29 is 0 Å².